The van der Waals surface area contributed by atoms with Gasteiger partial charge in [0.05, 0.1) is 12.0 Å². The van der Waals surface area contributed by atoms with E-state index in [2.05, 4.69) is 22.3 Å². The van der Waals surface area contributed by atoms with Crippen molar-refractivity contribution < 1.29 is 4.79 Å². The molecule has 0 saturated carbocycles. The van der Waals surface area contributed by atoms with Crippen LogP contribution in [0.5, 0.6) is 0 Å². The van der Waals surface area contributed by atoms with E-state index in [0.29, 0.717) is 6.54 Å². The van der Waals surface area contributed by atoms with Crippen LogP contribution < -0.4 is 11.1 Å². The van der Waals surface area contributed by atoms with E-state index < -0.39 is 0 Å². The van der Waals surface area contributed by atoms with E-state index in [-0.39, 0.29) is 23.9 Å². The predicted octanol–water partition coefficient (Wildman–Crippen LogP) is 2.74. The number of nitrogens with zero attached hydrogens (tertiary/aromatic N) is 1. The Morgan fingerprint density at radius 2 is 1.50 bits per heavy atom. The van der Waals surface area contributed by atoms with E-state index in [0.717, 1.165) is 5.56 Å². The maximum Gasteiger partial charge on any atom is 0.224 e. The van der Waals surface area contributed by atoms with E-state index in [4.69, 9.17) is 5.73 Å². The summed E-state index contributed by atoms with van der Waals surface area (Å²) in [5.74, 6) is -0.305. The fourth-order valence-corrected chi connectivity index (χ4v) is 2.76. The number of hydrogen-bond donors (Lipinski definition) is 2. The number of nitrogens with one attached hydrogen (secondary N) is 1. The molecule has 1 amide bonds. The van der Waals surface area contributed by atoms with Crippen LogP contribution in [0.3, 0.4) is 0 Å². The molecule has 3 atom stereocenters. The minimum Gasteiger partial charge on any atom is -0.354 e. The minimum atomic E-state index is -0.305. The van der Waals surface area contributed by atoms with E-state index in [1.807, 2.05) is 69.6 Å². The normalized spacial score (nSPS) is 14.9. The van der Waals surface area contributed by atoms with E-state index >= 15 is 0 Å². The van der Waals surface area contributed by atoms with Gasteiger partial charge >= 0.3 is 0 Å². The first-order valence-corrected chi connectivity index (χ1v) is 8.30. The largest absolute Gasteiger partial charge is 0.354 e. The topological polar surface area (TPSA) is 58.4 Å². The molecule has 0 aliphatic rings. The number of hydrogen-bond acceptors (Lipinski definition) is 3. The summed E-state index contributed by atoms with van der Waals surface area (Å²) in [6.45, 7) is 2.43. The second-order valence-corrected chi connectivity index (χ2v) is 6.36. The molecule has 0 aliphatic heterocycles. The van der Waals surface area contributed by atoms with Crippen molar-refractivity contribution >= 4 is 5.91 Å². The van der Waals surface area contributed by atoms with E-state index in [1.54, 1.807) is 0 Å². The average Bonchev–Trinajstić information content (AvgIpc) is 2.61. The molecular formula is C20H27N3O. The zero-order valence-electron chi connectivity index (χ0n) is 14.6. The van der Waals surface area contributed by atoms with Crippen LogP contribution in [-0.4, -0.2) is 31.4 Å². The number of carbonyl (C=O) groups excluding carboxylic acids is 1. The van der Waals surface area contributed by atoms with Crippen molar-refractivity contribution in [2.45, 2.75) is 19.0 Å². The third kappa shape index (κ3) is 4.66. The lowest BCUT2D eigenvalue weighted by atomic mass is 9.94. The van der Waals surface area contributed by atoms with Gasteiger partial charge in [0, 0.05) is 12.6 Å². The van der Waals surface area contributed by atoms with Gasteiger partial charge in [-0.2, -0.15) is 0 Å². The molecule has 4 heteroatoms. The molecule has 0 bridgehead atoms. The highest BCUT2D eigenvalue weighted by Crippen LogP contribution is 2.20. The van der Waals surface area contributed by atoms with Gasteiger partial charge in [0.15, 0.2) is 0 Å². The van der Waals surface area contributed by atoms with E-state index in [9.17, 15) is 4.79 Å². The van der Waals surface area contributed by atoms with Crippen molar-refractivity contribution in [1.82, 2.24) is 10.2 Å². The summed E-state index contributed by atoms with van der Waals surface area (Å²) in [6.07, 6.45) is 0. The summed E-state index contributed by atoms with van der Waals surface area (Å²) < 4.78 is 0. The Morgan fingerprint density at radius 3 is 2.00 bits per heavy atom. The Morgan fingerprint density at radius 1 is 1.00 bits per heavy atom. The van der Waals surface area contributed by atoms with Crippen molar-refractivity contribution in [3.63, 3.8) is 0 Å². The summed E-state index contributed by atoms with van der Waals surface area (Å²) >= 11 is 0. The van der Waals surface area contributed by atoms with Crippen molar-refractivity contribution in [3.8, 4) is 0 Å². The lowest BCUT2D eigenvalue weighted by molar-refractivity contribution is -0.125. The number of likely N-dealkylation sites (N-methyl/N-ethyl adjacent to an activating group) is 1. The molecular weight excluding hydrogens is 298 g/mol. The molecule has 2 rings (SSSR count). The Kier molecular flexibility index (Phi) is 6.53. The molecule has 4 nitrogen and oxygen atoms in total. The summed E-state index contributed by atoms with van der Waals surface area (Å²) in [4.78, 5) is 14.6. The van der Waals surface area contributed by atoms with Crippen LogP contribution >= 0.6 is 0 Å². The quantitative estimate of drug-likeness (QED) is 0.823. The Hall–Kier alpha value is -2.17. The molecule has 3 unspecified atom stereocenters. The molecule has 0 aromatic heterocycles. The molecule has 0 saturated heterocycles. The molecule has 0 heterocycles. The van der Waals surface area contributed by atoms with Gasteiger partial charge in [-0.15, -0.1) is 0 Å². The second-order valence-electron chi connectivity index (χ2n) is 6.36. The SMILES string of the molecule is CC(C(=O)NCC(c1ccccc1)N(C)C)C(N)c1ccccc1. The second kappa shape index (κ2) is 8.62. The highest BCUT2D eigenvalue weighted by atomic mass is 16.1. The number of carbonyl (C=O) groups is 1. The Balaban J connectivity index is 1.98. The monoisotopic (exact) mass is 325 g/mol. The summed E-state index contributed by atoms with van der Waals surface area (Å²) in [5, 5.41) is 3.05. The maximum atomic E-state index is 12.5. The zero-order chi connectivity index (χ0) is 17.5. The molecule has 2 aromatic rings. The van der Waals surface area contributed by atoms with Crippen LogP contribution in [-0.2, 0) is 4.79 Å². The molecule has 0 spiro atoms. The Labute approximate surface area is 144 Å². The van der Waals surface area contributed by atoms with Crippen LogP contribution in [0.2, 0.25) is 0 Å². The van der Waals surface area contributed by atoms with Crippen LogP contribution in [0.25, 0.3) is 0 Å². The van der Waals surface area contributed by atoms with Crippen LogP contribution in [0.4, 0.5) is 0 Å². The standard InChI is InChI=1S/C20H27N3O/c1-15(19(21)17-12-8-5-9-13-17)20(24)22-14-18(23(2)3)16-10-6-4-7-11-16/h4-13,15,18-19H,14,21H2,1-3H3,(H,22,24). The fourth-order valence-electron chi connectivity index (χ4n) is 2.76. The zero-order valence-corrected chi connectivity index (χ0v) is 14.6. The van der Waals surface area contributed by atoms with Gasteiger partial charge in [-0.25, -0.2) is 0 Å². The highest BCUT2D eigenvalue weighted by molar-refractivity contribution is 5.79. The maximum absolute atomic E-state index is 12.5. The first kappa shape index (κ1) is 18.2. The van der Waals surface area contributed by atoms with Crippen molar-refractivity contribution in [1.29, 1.82) is 0 Å². The number of nitrogens with two attached hydrogens (primary N) is 1. The summed E-state index contributed by atoms with van der Waals surface area (Å²) in [7, 11) is 4.03. The van der Waals surface area contributed by atoms with Gasteiger partial charge in [-0.3, -0.25) is 4.79 Å². The molecule has 0 fully saturated rings. The summed E-state index contributed by atoms with van der Waals surface area (Å²) in [5.41, 5.74) is 8.41. The molecule has 0 radical (unpaired) electrons. The van der Waals surface area contributed by atoms with Crippen molar-refractivity contribution in [2.75, 3.05) is 20.6 Å². The minimum absolute atomic E-state index is 0.0193. The molecule has 0 aliphatic carbocycles. The van der Waals surface area contributed by atoms with Crippen LogP contribution in [0.1, 0.15) is 30.1 Å². The van der Waals surface area contributed by atoms with Crippen LogP contribution in [0.15, 0.2) is 60.7 Å². The van der Waals surface area contributed by atoms with Gasteiger partial charge in [0.1, 0.15) is 0 Å². The smallest absolute Gasteiger partial charge is 0.224 e. The van der Waals surface area contributed by atoms with Gasteiger partial charge in [-0.05, 0) is 25.2 Å². The predicted molar refractivity (Wildman–Crippen MR) is 98.4 cm³/mol. The molecule has 2 aromatic carbocycles. The third-order valence-electron chi connectivity index (χ3n) is 4.41. The lowest BCUT2D eigenvalue weighted by Crippen LogP contribution is -2.40. The van der Waals surface area contributed by atoms with Crippen LogP contribution in [0, 0.1) is 5.92 Å². The molecule has 128 valence electrons. The number of rotatable bonds is 7. The number of amides is 1. The van der Waals surface area contributed by atoms with Gasteiger partial charge in [0.25, 0.3) is 0 Å². The first-order valence-electron chi connectivity index (χ1n) is 8.30. The number of benzene rings is 2. The highest BCUT2D eigenvalue weighted by Gasteiger charge is 2.23. The van der Waals surface area contributed by atoms with E-state index in [1.165, 1.54) is 5.56 Å². The first-order chi connectivity index (χ1) is 11.5. The summed E-state index contributed by atoms with van der Waals surface area (Å²) in [6, 6.07) is 19.8. The molecule has 24 heavy (non-hydrogen) atoms. The van der Waals surface area contributed by atoms with Gasteiger partial charge < -0.3 is 16.0 Å². The fraction of sp³-hybridized carbons (Fsp3) is 0.350. The van der Waals surface area contributed by atoms with Crippen molar-refractivity contribution in [2.24, 2.45) is 11.7 Å². The Bertz CT molecular complexity index is 628. The van der Waals surface area contributed by atoms with Gasteiger partial charge in [0.2, 0.25) is 5.91 Å². The average molecular weight is 325 g/mol. The molecule has 3 N–H and O–H groups in total. The third-order valence-corrected chi connectivity index (χ3v) is 4.41. The van der Waals surface area contributed by atoms with Gasteiger partial charge in [-0.1, -0.05) is 67.6 Å². The lowest BCUT2D eigenvalue weighted by Gasteiger charge is -2.27. The van der Waals surface area contributed by atoms with Crippen molar-refractivity contribution in [3.05, 3.63) is 71.8 Å².